The van der Waals surface area contributed by atoms with Crippen molar-refractivity contribution in [3.63, 3.8) is 0 Å². The summed E-state index contributed by atoms with van der Waals surface area (Å²) in [6.45, 7) is 3.48. The standard InChI is InChI=1S/C30H37N5O3S/c1-22(31)35-18-16-28(17-19-35)38-27-14-11-24(12-15-27)21-26(34-39(36,37)29-8-3-2-4-9-29)13-10-23-6-5-7-25(20-23)30(32)33/h2-9,11-12,14-15,20,26,28,31,34H,10,13,16-19,21H2,1H3,(H3,32,33)/t26-/m1/s1. The van der Waals surface area contributed by atoms with Crippen LogP contribution in [0.4, 0.5) is 0 Å². The van der Waals surface area contributed by atoms with Gasteiger partial charge in [-0.2, -0.15) is 0 Å². The smallest absolute Gasteiger partial charge is 0.240 e. The van der Waals surface area contributed by atoms with E-state index in [9.17, 15) is 8.42 Å². The van der Waals surface area contributed by atoms with E-state index in [1.54, 1.807) is 36.4 Å². The molecule has 0 radical (unpaired) electrons. The molecular weight excluding hydrogens is 510 g/mol. The van der Waals surface area contributed by atoms with Crippen LogP contribution in [0.15, 0.2) is 83.8 Å². The van der Waals surface area contributed by atoms with E-state index in [-0.39, 0.29) is 22.9 Å². The van der Waals surface area contributed by atoms with Gasteiger partial charge in [0.1, 0.15) is 17.7 Å². The van der Waals surface area contributed by atoms with Crippen molar-refractivity contribution in [1.82, 2.24) is 9.62 Å². The molecule has 1 fully saturated rings. The van der Waals surface area contributed by atoms with E-state index in [0.29, 0.717) is 30.7 Å². The van der Waals surface area contributed by atoms with E-state index >= 15 is 0 Å². The number of nitrogens with one attached hydrogen (secondary N) is 3. The molecule has 4 rings (SSSR count). The number of likely N-dealkylation sites (tertiary alicyclic amines) is 1. The van der Waals surface area contributed by atoms with Crippen molar-refractivity contribution in [2.45, 2.75) is 56.1 Å². The number of hydrogen-bond donors (Lipinski definition) is 4. The van der Waals surface area contributed by atoms with Crippen LogP contribution in [0.25, 0.3) is 0 Å². The van der Waals surface area contributed by atoms with Crippen LogP contribution in [0.3, 0.4) is 0 Å². The molecule has 0 spiro atoms. The molecule has 0 aromatic heterocycles. The van der Waals surface area contributed by atoms with E-state index in [4.69, 9.17) is 21.3 Å². The lowest BCUT2D eigenvalue weighted by atomic mass is 9.98. The molecule has 1 aliphatic rings. The number of nitrogens with two attached hydrogens (primary N) is 1. The van der Waals surface area contributed by atoms with Gasteiger partial charge >= 0.3 is 0 Å². The lowest BCUT2D eigenvalue weighted by Gasteiger charge is -2.32. The average Bonchev–Trinajstić information content (AvgIpc) is 2.93. The molecular formula is C30H37N5O3S. The Labute approximate surface area is 231 Å². The highest BCUT2D eigenvalue weighted by molar-refractivity contribution is 7.89. The first-order chi connectivity index (χ1) is 18.7. The van der Waals surface area contributed by atoms with Crippen molar-refractivity contribution >= 4 is 21.7 Å². The molecule has 0 unspecified atom stereocenters. The second-order valence-electron chi connectivity index (χ2n) is 10.0. The lowest BCUT2D eigenvalue weighted by Crippen LogP contribution is -2.40. The van der Waals surface area contributed by atoms with E-state index in [1.165, 1.54) is 0 Å². The molecule has 1 aliphatic heterocycles. The molecule has 5 N–H and O–H groups in total. The number of amidine groups is 2. The molecule has 206 valence electrons. The van der Waals surface area contributed by atoms with Gasteiger partial charge in [0, 0.05) is 37.5 Å². The Morgan fingerprint density at radius 3 is 2.33 bits per heavy atom. The quantitative estimate of drug-likeness (QED) is 0.210. The third-order valence-corrected chi connectivity index (χ3v) is 8.56. The number of rotatable bonds is 11. The number of hydrogen-bond acceptors (Lipinski definition) is 5. The minimum absolute atomic E-state index is 0.0101. The highest BCUT2D eigenvalue weighted by Crippen LogP contribution is 2.21. The number of ether oxygens (including phenoxy) is 1. The first-order valence-corrected chi connectivity index (χ1v) is 14.7. The summed E-state index contributed by atoms with van der Waals surface area (Å²) in [6.07, 6.45) is 3.63. The minimum Gasteiger partial charge on any atom is -0.490 e. The first kappa shape index (κ1) is 28.3. The maximum atomic E-state index is 13.1. The van der Waals surface area contributed by atoms with Crippen LogP contribution in [0.2, 0.25) is 0 Å². The molecule has 9 heteroatoms. The van der Waals surface area contributed by atoms with Crippen molar-refractivity contribution in [2.75, 3.05) is 13.1 Å². The predicted octanol–water partition coefficient (Wildman–Crippen LogP) is 4.33. The summed E-state index contributed by atoms with van der Waals surface area (Å²) in [4.78, 5) is 2.30. The molecule has 1 atom stereocenters. The van der Waals surface area contributed by atoms with Gasteiger partial charge in [0.25, 0.3) is 0 Å². The lowest BCUT2D eigenvalue weighted by molar-refractivity contribution is 0.130. The number of sulfonamides is 1. The molecule has 0 amide bonds. The maximum Gasteiger partial charge on any atom is 0.240 e. The monoisotopic (exact) mass is 547 g/mol. The normalized spacial score (nSPS) is 15.1. The van der Waals surface area contributed by atoms with Crippen LogP contribution < -0.4 is 15.2 Å². The fraction of sp³-hybridized carbons (Fsp3) is 0.333. The first-order valence-electron chi connectivity index (χ1n) is 13.3. The molecule has 0 bridgehead atoms. The van der Waals surface area contributed by atoms with Crippen LogP contribution >= 0.6 is 0 Å². The second-order valence-corrected chi connectivity index (χ2v) is 11.7. The fourth-order valence-electron chi connectivity index (χ4n) is 4.82. The van der Waals surface area contributed by atoms with Crippen LogP contribution in [0.5, 0.6) is 5.75 Å². The van der Waals surface area contributed by atoms with Crippen LogP contribution in [0, 0.1) is 10.8 Å². The van der Waals surface area contributed by atoms with Gasteiger partial charge in [0.2, 0.25) is 10.0 Å². The van der Waals surface area contributed by atoms with Crippen LogP contribution in [-0.2, 0) is 22.9 Å². The Morgan fingerprint density at radius 1 is 1.00 bits per heavy atom. The van der Waals surface area contributed by atoms with Gasteiger partial charge in [0.15, 0.2) is 0 Å². The highest BCUT2D eigenvalue weighted by atomic mass is 32.2. The largest absolute Gasteiger partial charge is 0.490 e. The number of nitrogen functional groups attached to an aromatic ring is 1. The van der Waals surface area contributed by atoms with Crippen molar-refractivity contribution in [3.8, 4) is 5.75 Å². The van der Waals surface area contributed by atoms with Gasteiger partial charge in [0.05, 0.1) is 10.7 Å². The summed E-state index contributed by atoms with van der Waals surface area (Å²) in [5.41, 5.74) is 8.31. The van der Waals surface area contributed by atoms with E-state index in [2.05, 4.69) is 9.62 Å². The van der Waals surface area contributed by atoms with Gasteiger partial charge in [-0.3, -0.25) is 10.8 Å². The van der Waals surface area contributed by atoms with Crippen molar-refractivity contribution in [2.24, 2.45) is 5.73 Å². The van der Waals surface area contributed by atoms with Gasteiger partial charge in [-0.1, -0.05) is 48.5 Å². The average molecular weight is 548 g/mol. The molecule has 1 heterocycles. The Hall–Kier alpha value is -3.69. The van der Waals surface area contributed by atoms with Crippen LogP contribution in [-0.4, -0.2) is 50.2 Å². The second kappa shape index (κ2) is 12.9. The van der Waals surface area contributed by atoms with Gasteiger partial charge in [-0.05, 0) is 67.6 Å². The number of aryl methyl sites for hydroxylation is 1. The summed E-state index contributed by atoms with van der Waals surface area (Å²) >= 11 is 0. The predicted molar refractivity (Wildman–Crippen MR) is 155 cm³/mol. The maximum absolute atomic E-state index is 13.1. The molecule has 3 aromatic rings. The zero-order chi connectivity index (χ0) is 27.8. The SMILES string of the molecule is CC(=N)N1CCC(Oc2ccc(C[C@@H](CCc3cccc(C(=N)N)c3)NS(=O)(=O)c3ccccc3)cc2)CC1. The Morgan fingerprint density at radius 2 is 1.69 bits per heavy atom. The number of benzene rings is 3. The van der Waals surface area contributed by atoms with Crippen LogP contribution in [0.1, 0.15) is 42.9 Å². The number of nitrogens with zero attached hydrogens (tertiary/aromatic N) is 1. The Kier molecular flexibility index (Phi) is 9.37. The van der Waals surface area contributed by atoms with Crippen molar-refractivity contribution in [3.05, 3.63) is 95.6 Å². The third kappa shape index (κ3) is 8.15. The van der Waals surface area contributed by atoms with Gasteiger partial charge < -0.3 is 15.4 Å². The Balaban J connectivity index is 1.43. The molecule has 3 aromatic carbocycles. The number of piperidine rings is 1. The van der Waals surface area contributed by atoms with Crippen molar-refractivity contribution in [1.29, 1.82) is 10.8 Å². The summed E-state index contributed by atoms with van der Waals surface area (Å²) in [6, 6.07) is 23.5. The molecule has 1 saturated heterocycles. The van der Waals surface area contributed by atoms with Crippen molar-refractivity contribution < 1.29 is 13.2 Å². The van der Waals surface area contributed by atoms with E-state index < -0.39 is 10.0 Å². The molecule has 0 aliphatic carbocycles. The fourth-order valence-corrected chi connectivity index (χ4v) is 6.11. The third-order valence-electron chi connectivity index (χ3n) is 7.02. The summed E-state index contributed by atoms with van der Waals surface area (Å²) in [5.74, 6) is 1.41. The van der Waals surface area contributed by atoms with Gasteiger partial charge in [-0.15, -0.1) is 0 Å². The molecule has 39 heavy (non-hydrogen) atoms. The molecule has 8 nitrogen and oxygen atoms in total. The van der Waals surface area contributed by atoms with Gasteiger partial charge in [-0.25, -0.2) is 13.1 Å². The minimum atomic E-state index is -3.69. The highest BCUT2D eigenvalue weighted by Gasteiger charge is 2.22. The Bertz CT molecular complexity index is 1370. The topological polar surface area (TPSA) is 132 Å². The summed E-state index contributed by atoms with van der Waals surface area (Å²) < 4.78 is 35.4. The molecule has 0 saturated carbocycles. The van der Waals surface area contributed by atoms with E-state index in [1.807, 2.05) is 49.4 Å². The zero-order valence-electron chi connectivity index (χ0n) is 22.3. The van der Waals surface area contributed by atoms with E-state index in [0.717, 1.165) is 42.8 Å². The zero-order valence-corrected chi connectivity index (χ0v) is 23.1. The summed E-state index contributed by atoms with van der Waals surface area (Å²) in [7, 11) is -3.69. The summed E-state index contributed by atoms with van der Waals surface area (Å²) in [5, 5.41) is 15.5.